The van der Waals surface area contributed by atoms with Crippen LogP contribution in [0.5, 0.6) is 11.5 Å². The summed E-state index contributed by atoms with van der Waals surface area (Å²) in [4.78, 5) is 0. The molecule has 0 fully saturated rings. The van der Waals surface area contributed by atoms with Gasteiger partial charge in [0.2, 0.25) is 0 Å². The van der Waals surface area contributed by atoms with Gasteiger partial charge < -0.3 is 9.47 Å². The number of benzene rings is 3. The molecule has 0 aliphatic heterocycles. The second-order valence-corrected chi connectivity index (χ2v) is 6.00. The maximum Gasteiger partial charge on any atom is 0.127 e. The molecule has 0 saturated carbocycles. The third-order valence-electron chi connectivity index (χ3n) is 4.83. The van der Waals surface area contributed by atoms with Crippen LogP contribution in [-0.2, 0) is 12.8 Å². The zero-order valence-electron chi connectivity index (χ0n) is 13.1. The van der Waals surface area contributed by atoms with E-state index in [1.165, 1.54) is 51.9 Å². The number of hydrogen-bond acceptors (Lipinski definition) is 2. The number of aryl methyl sites for hydroxylation is 2. The summed E-state index contributed by atoms with van der Waals surface area (Å²) in [6, 6.07) is 13.0. The highest BCUT2D eigenvalue weighted by atomic mass is 16.5. The lowest BCUT2D eigenvalue weighted by molar-refractivity contribution is 0.415. The molecule has 0 N–H and O–H groups in total. The Morgan fingerprint density at radius 2 is 1.64 bits per heavy atom. The first kappa shape index (κ1) is 13.4. The van der Waals surface area contributed by atoms with Crippen LogP contribution >= 0.6 is 0 Å². The molecule has 4 rings (SSSR count). The van der Waals surface area contributed by atoms with Crippen molar-refractivity contribution in [3.8, 4) is 11.5 Å². The topological polar surface area (TPSA) is 18.5 Å². The Kier molecular flexibility index (Phi) is 3.18. The van der Waals surface area contributed by atoms with Gasteiger partial charge in [-0.1, -0.05) is 18.2 Å². The third kappa shape index (κ3) is 1.94. The van der Waals surface area contributed by atoms with Gasteiger partial charge in [-0.25, -0.2) is 0 Å². The summed E-state index contributed by atoms with van der Waals surface area (Å²) in [5.41, 5.74) is 2.98. The van der Waals surface area contributed by atoms with Crippen molar-refractivity contribution in [2.45, 2.75) is 25.7 Å². The van der Waals surface area contributed by atoms with Crippen LogP contribution in [0.1, 0.15) is 24.0 Å². The van der Waals surface area contributed by atoms with Gasteiger partial charge in [0.15, 0.2) is 0 Å². The normalized spacial score (nSPS) is 14.1. The molecule has 3 aromatic rings. The molecule has 0 aromatic heterocycles. The minimum Gasteiger partial charge on any atom is -0.497 e. The first-order chi connectivity index (χ1) is 10.8. The van der Waals surface area contributed by atoms with E-state index in [-0.39, 0.29) is 0 Å². The fourth-order valence-electron chi connectivity index (χ4n) is 3.74. The van der Waals surface area contributed by atoms with Crippen molar-refractivity contribution < 1.29 is 9.47 Å². The first-order valence-electron chi connectivity index (χ1n) is 7.91. The second-order valence-electron chi connectivity index (χ2n) is 6.00. The Hall–Kier alpha value is -2.22. The average Bonchev–Trinajstić information content (AvgIpc) is 2.59. The summed E-state index contributed by atoms with van der Waals surface area (Å²) in [5.74, 6) is 1.86. The Labute approximate surface area is 130 Å². The zero-order chi connectivity index (χ0) is 15.1. The van der Waals surface area contributed by atoms with Crippen LogP contribution in [0.4, 0.5) is 0 Å². The van der Waals surface area contributed by atoms with Gasteiger partial charge >= 0.3 is 0 Å². The molecule has 112 valence electrons. The SMILES string of the molecule is COc1ccc2c(c1)cc(OC)c1c3c(ccc12)CCCC3. The Balaban J connectivity index is 2.12. The van der Waals surface area contributed by atoms with Gasteiger partial charge in [0.25, 0.3) is 0 Å². The lowest BCUT2D eigenvalue weighted by Crippen LogP contribution is -2.04. The molecular weight excluding hydrogens is 272 g/mol. The Bertz CT molecular complexity index is 865. The van der Waals surface area contributed by atoms with Crippen molar-refractivity contribution in [3.05, 3.63) is 47.5 Å². The fraction of sp³-hybridized carbons (Fsp3) is 0.300. The summed E-state index contributed by atoms with van der Waals surface area (Å²) in [5, 5.41) is 5.03. The van der Waals surface area contributed by atoms with Gasteiger partial charge in [-0.05, 0) is 71.2 Å². The third-order valence-corrected chi connectivity index (χ3v) is 4.83. The van der Waals surface area contributed by atoms with Crippen molar-refractivity contribution in [1.82, 2.24) is 0 Å². The van der Waals surface area contributed by atoms with Gasteiger partial charge in [-0.15, -0.1) is 0 Å². The van der Waals surface area contributed by atoms with Crippen molar-refractivity contribution in [2.24, 2.45) is 0 Å². The van der Waals surface area contributed by atoms with E-state index in [1.807, 2.05) is 6.07 Å². The molecule has 0 spiro atoms. The molecule has 0 unspecified atom stereocenters. The molecule has 2 heteroatoms. The summed E-state index contributed by atoms with van der Waals surface area (Å²) < 4.78 is 11.1. The second kappa shape index (κ2) is 5.20. The molecule has 0 amide bonds. The predicted molar refractivity (Wildman–Crippen MR) is 91.2 cm³/mol. The van der Waals surface area contributed by atoms with E-state index in [0.717, 1.165) is 17.9 Å². The lowest BCUT2D eigenvalue weighted by Gasteiger charge is -2.20. The van der Waals surface area contributed by atoms with E-state index in [1.54, 1.807) is 14.2 Å². The summed E-state index contributed by atoms with van der Waals surface area (Å²) >= 11 is 0. The largest absolute Gasteiger partial charge is 0.497 e. The number of methoxy groups -OCH3 is 2. The number of rotatable bonds is 2. The lowest BCUT2D eigenvalue weighted by atomic mass is 9.86. The number of hydrogen-bond donors (Lipinski definition) is 0. The van der Waals surface area contributed by atoms with Crippen LogP contribution in [0.3, 0.4) is 0 Å². The average molecular weight is 292 g/mol. The van der Waals surface area contributed by atoms with Gasteiger partial charge in [0.1, 0.15) is 11.5 Å². The van der Waals surface area contributed by atoms with Crippen LogP contribution in [0.2, 0.25) is 0 Å². The van der Waals surface area contributed by atoms with Crippen molar-refractivity contribution in [3.63, 3.8) is 0 Å². The van der Waals surface area contributed by atoms with Crippen molar-refractivity contribution in [1.29, 1.82) is 0 Å². The van der Waals surface area contributed by atoms with Crippen LogP contribution < -0.4 is 9.47 Å². The highest BCUT2D eigenvalue weighted by Crippen LogP contribution is 2.40. The molecule has 0 atom stereocenters. The summed E-state index contributed by atoms with van der Waals surface area (Å²) in [6.45, 7) is 0. The zero-order valence-corrected chi connectivity index (χ0v) is 13.1. The van der Waals surface area contributed by atoms with Crippen LogP contribution in [0.15, 0.2) is 36.4 Å². The van der Waals surface area contributed by atoms with E-state index in [4.69, 9.17) is 9.47 Å². The standard InChI is InChI=1S/C20H20O2/c1-21-15-8-10-16-14(11-15)12-19(22-2)20-17-6-4-3-5-13(17)7-9-18(16)20/h7-12H,3-6H2,1-2H3. The van der Waals surface area contributed by atoms with E-state index in [2.05, 4.69) is 30.3 Å². The molecule has 1 aliphatic rings. The van der Waals surface area contributed by atoms with Crippen LogP contribution in [-0.4, -0.2) is 14.2 Å². The molecule has 3 aromatic carbocycles. The van der Waals surface area contributed by atoms with Crippen molar-refractivity contribution >= 4 is 21.5 Å². The van der Waals surface area contributed by atoms with Gasteiger partial charge in [-0.2, -0.15) is 0 Å². The van der Waals surface area contributed by atoms with Crippen LogP contribution in [0.25, 0.3) is 21.5 Å². The smallest absolute Gasteiger partial charge is 0.127 e. The molecule has 0 radical (unpaired) electrons. The Morgan fingerprint density at radius 3 is 2.45 bits per heavy atom. The van der Waals surface area contributed by atoms with E-state index >= 15 is 0 Å². The maximum atomic E-state index is 5.73. The molecule has 0 heterocycles. The maximum absolute atomic E-state index is 5.73. The Morgan fingerprint density at radius 1 is 0.818 bits per heavy atom. The highest BCUT2D eigenvalue weighted by Gasteiger charge is 2.17. The van der Waals surface area contributed by atoms with E-state index in [0.29, 0.717) is 0 Å². The van der Waals surface area contributed by atoms with E-state index < -0.39 is 0 Å². The first-order valence-corrected chi connectivity index (χ1v) is 7.91. The molecule has 22 heavy (non-hydrogen) atoms. The quantitative estimate of drug-likeness (QED) is 0.626. The minimum atomic E-state index is 0.881. The van der Waals surface area contributed by atoms with E-state index in [9.17, 15) is 0 Å². The van der Waals surface area contributed by atoms with Gasteiger partial charge in [-0.3, -0.25) is 0 Å². The predicted octanol–water partition coefficient (Wildman–Crippen LogP) is 4.89. The highest BCUT2D eigenvalue weighted by molar-refractivity contribution is 6.12. The molecule has 0 bridgehead atoms. The fourth-order valence-corrected chi connectivity index (χ4v) is 3.74. The monoisotopic (exact) mass is 292 g/mol. The number of ether oxygens (including phenoxy) is 2. The molecule has 1 aliphatic carbocycles. The molecule has 2 nitrogen and oxygen atoms in total. The van der Waals surface area contributed by atoms with Crippen molar-refractivity contribution in [2.75, 3.05) is 14.2 Å². The van der Waals surface area contributed by atoms with Gasteiger partial charge in [0.05, 0.1) is 14.2 Å². The number of fused-ring (bicyclic) bond motifs is 5. The minimum absolute atomic E-state index is 0.881. The summed E-state index contributed by atoms with van der Waals surface area (Å²) in [7, 11) is 3.47. The summed E-state index contributed by atoms with van der Waals surface area (Å²) in [6.07, 6.45) is 4.92. The molecule has 0 saturated heterocycles. The van der Waals surface area contributed by atoms with Crippen LogP contribution in [0, 0.1) is 0 Å². The van der Waals surface area contributed by atoms with Gasteiger partial charge in [0, 0.05) is 5.39 Å². The molecular formula is C20H20O2.